The molecule has 7 nitrogen and oxygen atoms in total. The fourth-order valence-corrected chi connectivity index (χ4v) is 6.64. The first kappa shape index (κ1) is 18.4. The van der Waals surface area contributed by atoms with Crippen molar-refractivity contribution < 1.29 is 51.6 Å². The first-order valence-electron chi connectivity index (χ1n) is 3.48. The number of hydrogen-bond donors (Lipinski definition) is 1. The van der Waals surface area contributed by atoms with Gasteiger partial charge in [-0.15, -0.1) is 0 Å². The average Bonchev–Trinajstić information content (AvgIpc) is 1.93. The van der Waals surface area contributed by atoms with Crippen molar-refractivity contribution in [2.45, 2.75) is 14.9 Å². The van der Waals surface area contributed by atoms with E-state index in [0.717, 1.165) is 0 Å². The highest BCUT2D eigenvalue weighted by Crippen LogP contribution is 2.37. The molecule has 0 amide bonds. The predicted molar refractivity (Wildman–Crippen MR) is 46.8 cm³/mol. The smallest absolute Gasteiger partial charge is 0.227 e. The molecule has 0 heterocycles. The third kappa shape index (κ3) is 3.29. The van der Waals surface area contributed by atoms with Crippen LogP contribution in [0.3, 0.4) is 0 Å². The first-order chi connectivity index (χ1) is 7.87. The molecule has 0 atom stereocenters. The molecule has 2 N–H and O–H groups in total. The van der Waals surface area contributed by atoms with E-state index in [9.17, 15) is 51.6 Å². The summed E-state index contributed by atoms with van der Waals surface area (Å²) in [6.07, 6.45) is 0. The van der Waals surface area contributed by atoms with Crippen LogP contribution >= 0.6 is 0 Å². The van der Waals surface area contributed by atoms with Crippen molar-refractivity contribution >= 4 is 29.7 Å². The van der Waals surface area contributed by atoms with Gasteiger partial charge in [-0.3, -0.25) is 0 Å². The van der Waals surface area contributed by atoms with Crippen molar-refractivity contribution in [1.82, 2.24) is 0 Å². The molecule has 0 spiro atoms. The van der Waals surface area contributed by atoms with Crippen molar-refractivity contribution in [3.05, 3.63) is 0 Å². The molecule has 0 saturated carbocycles. The SMILES string of the molecule is NS(=O)(=O)C(S(=O)(=O)C(F)(F)F)S(=O)(=O)C(F)(F)F. The molecule has 0 radical (unpaired) electrons. The summed E-state index contributed by atoms with van der Waals surface area (Å²) < 4.78 is 131. The standard InChI is InChI=1S/C3H3F6NO6S3/c4-2(5,6)17(11,12)1(19(10,15)16)18(13,14)3(7,8)9/h1H,(H2,10,15,16). The number of sulfone groups is 2. The van der Waals surface area contributed by atoms with E-state index in [1.165, 1.54) is 0 Å². The summed E-state index contributed by atoms with van der Waals surface area (Å²) in [6.45, 7) is 0. The Balaban J connectivity index is 6.59. The van der Waals surface area contributed by atoms with Gasteiger partial charge in [0, 0.05) is 0 Å². The van der Waals surface area contributed by atoms with Gasteiger partial charge >= 0.3 is 11.0 Å². The Labute approximate surface area is 102 Å². The number of nitrogens with two attached hydrogens (primary N) is 1. The zero-order valence-corrected chi connectivity index (χ0v) is 10.5. The van der Waals surface area contributed by atoms with Gasteiger partial charge in [0.2, 0.25) is 10.0 Å². The lowest BCUT2D eigenvalue weighted by Crippen LogP contribution is -2.51. The molecule has 0 rings (SSSR count). The Bertz CT molecular complexity index is 608. The van der Waals surface area contributed by atoms with Gasteiger partial charge in [0.25, 0.3) is 23.6 Å². The van der Waals surface area contributed by atoms with Gasteiger partial charge in [0.05, 0.1) is 0 Å². The maximum atomic E-state index is 12.0. The summed E-state index contributed by atoms with van der Waals surface area (Å²) in [4.78, 5) is 0. The fourth-order valence-electron chi connectivity index (χ4n) is 0.738. The minimum absolute atomic E-state index is 3.86. The van der Waals surface area contributed by atoms with Crippen LogP contribution in [-0.4, -0.2) is 40.2 Å². The summed E-state index contributed by atoms with van der Waals surface area (Å²) in [7, 11) is -20.8. The molecule has 0 aromatic rings. The lowest BCUT2D eigenvalue weighted by molar-refractivity contribution is -0.0462. The normalized spacial score (nSPS) is 15.8. The second kappa shape index (κ2) is 4.45. The maximum absolute atomic E-state index is 12.0. The van der Waals surface area contributed by atoms with Crippen molar-refractivity contribution in [1.29, 1.82) is 0 Å². The molecule has 116 valence electrons. The molecule has 0 aromatic carbocycles. The van der Waals surface area contributed by atoms with Crippen LogP contribution in [-0.2, 0) is 29.7 Å². The lowest BCUT2D eigenvalue weighted by Gasteiger charge is -2.18. The highest BCUT2D eigenvalue weighted by molar-refractivity contribution is 8.24. The van der Waals surface area contributed by atoms with Gasteiger partial charge in [-0.2, -0.15) is 26.3 Å². The van der Waals surface area contributed by atoms with E-state index in [-0.39, 0.29) is 0 Å². The number of hydrogen-bond acceptors (Lipinski definition) is 6. The third-order valence-electron chi connectivity index (χ3n) is 1.42. The lowest BCUT2D eigenvalue weighted by atomic mass is 11.5. The molecule has 16 heteroatoms. The quantitative estimate of drug-likeness (QED) is 0.672. The summed E-state index contributed by atoms with van der Waals surface area (Å²) in [5.74, 6) is 0. The molecule has 0 bridgehead atoms. The van der Waals surface area contributed by atoms with E-state index in [0.29, 0.717) is 0 Å². The number of halogens is 6. The topological polar surface area (TPSA) is 128 Å². The summed E-state index contributed by atoms with van der Waals surface area (Å²) in [5, 5.41) is 3.86. The van der Waals surface area contributed by atoms with Crippen LogP contribution < -0.4 is 5.14 Å². The molecule has 0 unspecified atom stereocenters. The largest absolute Gasteiger partial charge is 0.499 e. The van der Waals surface area contributed by atoms with E-state index in [4.69, 9.17) is 0 Å². The second-order valence-corrected chi connectivity index (χ2v) is 9.45. The van der Waals surface area contributed by atoms with Crippen molar-refractivity contribution in [3.8, 4) is 0 Å². The second-order valence-electron chi connectivity index (χ2n) is 2.86. The van der Waals surface area contributed by atoms with E-state index in [2.05, 4.69) is 5.14 Å². The number of sulfonamides is 1. The van der Waals surface area contributed by atoms with E-state index in [1.54, 1.807) is 0 Å². The monoisotopic (exact) mass is 359 g/mol. The van der Waals surface area contributed by atoms with E-state index >= 15 is 0 Å². The highest BCUT2D eigenvalue weighted by atomic mass is 32.3. The molecular weight excluding hydrogens is 356 g/mol. The van der Waals surface area contributed by atoms with E-state index < -0.39 is 44.6 Å². The number of rotatable bonds is 3. The molecule has 0 aliphatic heterocycles. The number of alkyl halides is 6. The summed E-state index contributed by atoms with van der Waals surface area (Å²) in [5.41, 5.74) is -13.1. The highest BCUT2D eigenvalue weighted by Gasteiger charge is 2.67. The van der Waals surface area contributed by atoms with Crippen molar-refractivity contribution in [3.63, 3.8) is 0 Å². The minimum Gasteiger partial charge on any atom is -0.227 e. The van der Waals surface area contributed by atoms with Crippen molar-refractivity contribution in [2.24, 2.45) is 5.14 Å². The Morgan fingerprint density at radius 2 is 0.895 bits per heavy atom. The Hall–Kier alpha value is -0.610. The van der Waals surface area contributed by atoms with Crippen LogP contribution in [0.1, 0.15) is 0 Å². The first-order valence-corrected chi connectivity index (χ1v) is 8.19. The molecule has 0 fully saturated rings. The summed E-state index contributed by atoms with van der Waals surface area (Å²) in [6, 6.07) is 0. The van der Waals surface area contributed by atoms with Gasteiger partial charge in [0.1, 0.15) is 0 Å². The molecular formula is C3H3F6NO6S3. The zero-order valence-electron chi connectivity index (χ0n) is 8.10. The maximum Gasteiger partial charge on any atom is 0.499 e. The Morgan fingerprint density at radius 3 is 1.00 bits per heavy atom. The average molecular weight is 359 g/mol. The van der Waals surface area contributed by atoms with Gasteiger partial charge in [0.15, 0.2) is 0 Å². The van der Waals surface area contributed by atoms with Crippen LogP contribution in [0.2, 0.25) is 0 Å². The van der Waals surface area contributed by atoms with Gasteiger partial charge in [-0.05, 0) is 0 Å². The number of primary sulfonamides is 1. The Kier molecular flexibility index (Phi) is 4.31. The van der Waals surface area contributed by atoms with Crippen LogP contribution in [0.5, 0.6) is 0 Å². The van der Waals surface area contributed by atoms with Crippen LogP contribution in [0.25, 0.3) is 0 Å². The van der Waals surface area contributed by atoms with E-state index in [1.807, 2.05) is 0 Å². The predicted octanol–water partition coefficient (Wildman–Crippen LogP) is -0.572. The summed E-state index contributed by atoms with van der Waals surface area (Å²) >= 11 is 0. The molecule has 0 aliphatic carbocycles. The molecule has 0 aromatic heterocycles. The fraction of sp³-hybridized carbons (Fsp3) is 1.00. The van der Waals surface area contributed by atoms with Crippen LogP contribution in [0, 0.1) is 0 Å². The Morgan fingerprint density at radius 1 is 0.684 bits per heavy atom. The van der Waals surface area contributed by atoms with Crippen molar-refractivity contribution in [2.75, 3.05) is 0 Å². The molecule has 0 aliphatic rings. The van der Waals surface area contributed by atoms with Gasteiger partial charge < -0.3 is 0 Å². The third-order valence-corrected chi connectivity index (χ3v) is 8.91. The van der Waals surface area contributed by atoms with Crippen LogP contribution in [0.4, 0.5) is 26.3 Å². The molecule has 19 heavy (non-hydrogen) atoms. The zero-order chi connectivity index (χ0) is 16.1. The minimum atomic E-state index is -7.26. The van der Waals surface area contributed by atoms with Crippen LogP contribution in [0.15, 0.2) is 0 Å². The van der Waals surface area contributed by atoms with Gasteiger partial charge in [-0.25, -0.2) is 30.4 Å². The van der Waals surface area contributed by atoms with Gasteiger partial charge in [-0.1, -0.05) is 0 Å². The molecule has 0 saturated heterocycles.